The number of rotatable bonds is 6. The molecular weight excluding hydrogens is 312 g/mol. The maximum Gasteiger partial charge on any atom is 0.263 e. The molecule has 1 saturated carbocycles. The van der Waals surface area contributed by atoms with E-state index in [1.54, 1.807) is 14.2 Å². The lowest BCUT2D eigenvalue weighted by atomic mass is 10.2. The van der Waals surface area contributed by atoms with Crippen LogP contribution in [-0.4, -0.2) is 25.1 Å². The summed E-state index contributed by atoms with van der Waals surface area (Å²) in [5.41, 5.74) is 1.78. The van der Waals surface area contributed by atoms with Crippen molar-refractivity contribution < 1.29 is 14.3 Å². The number of aryl methyl sites for hydroxylation is 1. The quantitative estimate of drug-likeness (QED) is 0.882. The van der Waals surface area contributed by atoms with Crippen molar-refractivity contribution in [3.05, 3.63) is 39.3 Å². The Morgan fingerprint density at radius 3 is 2.70 bits per heavy atom. The van der Waals surface area contributed by atoms with Gasteiger partial charge in [-0.3, -0.25) is 4.79 Å². The van der Waals surface area contributed by atoms with E-state index in [0.717, 1.165) is 16.3 Å². The highest BCUT2D eigenvalue weighted by Crippen LogP contribution is 2.42. The second-order valence-electron chi connectivity index (χ2n) is 5.61. The van der Waals surface area contributed by atoms with Crippen molar-refractivity contribution in [1.29, 1.82) is 0 Å². The van der Waals surface area contributed by atoms with Crippen molar-refractivity contribution in [1.82, 2.24) is 10.3 Å². The molecule has 5 nitrogen and oxygen atoms in total. The molecule has 0 atom stereocenters. The summed E-state index contributed by atoms with van der Waals surface area (Å²) in [6, 6.07) is 5.62. The minimum absolute atomic E-state index is 0.0679. The fourth-order valence-corrected chi connectivity index (χ4v) is 3.54. The molecule has 23 heavy (non-hydrogen) atoms. The number of aromatic nitrogens is 1. The Hall–Kier alpha value is -2.08. The van der Waals surface area contributed by atoms with E-state index in [2.05, 4.69) is 10.3 Å². The highest BCUT2D eigenvalue weighted by atomic mass is 32.1. The van der Waals surface area contributed by atoms with E-state index < -0.39 is 0 Å². The zero-order valence-electron chi connectivity index (χ0n) is 13.5. The monoisotopic (exact) mass is 332 g/mol. The fourth-order valence-electron chi connectivity index (χ4n) is 2.39. The molecule has 1 aromatic carbocycles. The van der Waals surface area contributed by atoms with Crippen molar-refractivity contribution in [3.63, 3.8) is 0 Å². The zero-order chi connectivity index (χ0) is 16.4. The van der Waals surface area contributed by atoms with Crippen molar-refractivity contribution in [2.45, 2.75) is 32.2 Å². The summed E-state index contributed by atoms with van der Waals surface area (Å²) in [5.74, 6) is 1.84. The van der Waals surface area contributed by atoms with Crippen LogP contribution in [0.1, 0.15) is 44.7 Å². The van der Waals surface area contributed by atoms with E-state index in [0.29, 0.717) is 28.8 Å². The van der Waals surface area contributed by atoms with E-state index >= 15 is 0 Å². The smallest absolute Gasteiger partial charge is 0.263 e. The largest absolute Gasteiger partial charge is 0.493 e. The summed E-state index contributed by atoms with van der Waals surface area (Å²) in [6.45, 7) is 2.34. The Kier molecular flexibility index (Phi) is 4.52. The van der Waals surface area contributed by atoms with E-state index in [-0.39, 0.29) is 5.91 Å². The third-order valence-electron chi connectivity index (χ3n) is 3.85. The molecule has 1 N–H and O–H groups in total. The van der Waals surface area contributed by atoms with Crippen LogP contribution in [0.15, 0.2) is 18.2 Å². The summed E-state index contributed by atoms with van der Waals surface area (Å²) < 4.78 is 10.5. The number of benzene rings is 1. The molecule has 0 spiro atoms. The Labute approximate surface area is 139 Å². The van der Waals surface area contributed by atoms with Gasteiger partial charge in [0.15, 0.2) is 11.5 Å². The van der Waals surface area contributed by atoms with E-state index in [9.17, 15) is 4.79 Å². The molecule has 0 bridgehead atoms. The van der Waals surface area contributed by atoms with Crippen molar-refractivity contribution in [2.75, 3.05) is 14.2 Å². The van der Waals surface area contributed by atoms with Crippen LogP contribution in [0.25, 0.3) is 0 Å². The van der Waals surface area contributed by atoms with Gasteiger partial charge < -0.3 is 14.8 Å². The molecule has 0 saturated heterocycles. The molecule has 0 aliphatic heterocycles. The minimum atomic E-state index is -0.0679. The van der Waals surface area contributed by atoms with Crippen molar-refractivity contribution in [2.24, 2.45) is 0 Å². The SMILES string of the molecule is COc1ccc(CNC(=O)c2sc(C3CC3)nc2C)cc1OC. The van der Waals surface area contributed by atoms with E-state index in [1.807, 2.05) is 25.1 Å². The lowest BCUT2D eigenvalue weighted by Gasteiger charge is -2.10. The normalized spacial score (nSPS) is 13.7. The number of amides is 1. The highest BCUT2D eigenvalue weighted by Gasteiger charge is 2.28. The highest BCUT2D eigenvalue weighted by molar-refractivity contribution is 7.13. The molecule has 1 aromatic heterocycles. The number of ether oxygens (including phenoxy) is 2. The molecular formula is C17H20N2O3S. The predicted octanol–water partition coefficient (Wildman–Crippen LogP) is 3.28. The second-order valence-corrected chi connectivity index (χ2v) is 6.64. The molecule has 122 valence electrons. The van der Waals surface area contributed by atoms with Gasteiger partial charge in [-0.1, -0.05) is 6.07 Å². The van der Waals surface area contributed by atoms with E-state index in [1.165, 1.54) is 24.2 Å². The number of carbonyl (C=O) groups is 1. The first-order valence-electron chi connectivity index (χ1n) is 7.58. The van der Waals surface area contributed by atoms with Crippen LogP contribution in [0.5, 0.6) is 11.5 Å². The van der Waals surface area contributed by atoms with Gasteiger partial charge in [0.25, 0.3) is 5.91 Å². The van der Waals surface area contributed by atoms with Crippen LogP contribution < -0.4 is 14.8 Å². The summed E-state index contributed by atoms with van der Waals surface area (Å²) in [6.07, 6.45) is 2.39. The summed E-state index contributed by atoms with van der Waals surface area (Å²) in [4.78, 5) is 17.6. The fraction of sp³-hybridized carbons (Fsp3) is 0.412. The third kappa shape index (κ3) is 3.47. The molecule has 1 fully saturated rings. The minimum Gasteiger partial charge on any atom is -0.493 e. The first-order chi connectivity index (χ1) is 11.1. The van der Waals surface area contributed by atoms with Crippen molar-refractivity contribution >= 4 is 17.2 Å². The Balaban J connectivity index is 1.67. The number of hydrogen-bond acceptors (Lipinski definition) is 5. The van der Waals surface area contributed by atoms with Crippen molar-refractivity contribution in [3.8, 4) is 11.5 Å². The van der Waals surface area contributed by atoms with Crippen LogP contribution in [0.3, 0.4) is 0 Å². The number of carbonyl (C=O) groups excluding carboxylic acids is 1. The number of hydrogen-bond donors (Lipinski definition) is 1. The van der Waals surface area contributed by atoms with Crippen LogP contribution in [-0.2, 0) is 6.54 Å². The number of thiazole rings is 1. The Bertz CT molecular complexity index is 723. The Morgan fingerprint density at radius 2 is 2.04 bits per heavy atom. The third-order valence-corrected chi connectivity index (χ3v) is 5.17. The number of nitrogens with zero attached hydrogens (tertiary/aromatic N) is 1. The van der Waals surface area contributed by atoms with Gasteiger partial charge in [0.05, 0.1) is 24.9 Å². The van der Waals surface area contributed by atoms with E-state index in [4.69, 9.17) is 9.47 Å². The number of nitrogens with one attached hydrogen (secondary N) is 1. The van der Waals surface area contributed by atoms with Gasteiger partial charge in [0.1, 0.15) is 4.88 Å². The van der Waals surface area contributed by atoms with Gasteiger partial charge in [-0.05, 0) is 37.5 Å². The van der Waals surface area contributed by atoms with Gasteiger partial charge >= 0.3 is 0 Å². The zero-order valence-corrected chi connectivity index (χ0v) is 14.3. The molecule has 0 radical (unpaired) electrons. The molecule has 1 aliphatic rings. The maximum absolute atomic E-state index is 12.4. The summed E-state index contributed by atoms with van der Waals surface area (Å²) in [5, 5.41) is 4.05. The van der Waals surface area contributed by atoms with Gasteiger partial charge in [-0.15, -0.1) is 11.3 Å². The van der Waals surface area contributed by atoms with Crippen LogP contribution in [0.2, 0.25) is 0 Å². The molecule has 2 aromatic rings. The standard InChI is InChI=1S/C17H20N2O3S/c1-10-15(23-17(19-10)12-5-6-12)16(20)18-9-11-4-7-13(21-2)14(8-11)22-3/h4,7-8,12H,5-6,9H2,1-3H3,(H,18,20). The van der Waals surface area contributed by atoms with Gasteiger partial charge in [-0.2, -0.15) is 0 Å². The van der Waals surface area contributed by atoms with Gasteiger partial charge in [-0.25, -0.2) is 4.98 Å². The average molecular weight is 332 g/mol. The second kappa shape index (κ2) is 6.58. The molecule has 6 heteroatoms. The molecule has 1 amide bonds. The first kappa shape index (κ1) is 15.8. The van der Waals surface area contributed by atoms with Crippen LogP contribution in [0, 0.1) is 6.92 Å². The van der Waals surface area contributed by atoms with Crippen LogP contribution >= 0.6 is 11.3 Å². The van der Waals surface area contributed by atoms with Gasteiger partial charge in [0, 0.05) is 12.5 Å². The maximum atomic E-state index is 12.4. The topological polar surface area (TPSA) is 60.5 Å². The predicted molar refractivity (Wildman–Crippen MR) is 89.5 cm³/mol. The summed E-state index contributed by atoms with van der Waals surface area (Å²) >= 11 is 1.52. The molecule has 3 rings (SSSR count). The first-order valence-corrected chi connectivity index (χ1v) is 8.40. The summed E-state index contributed by atoms with van der Waals surface area (Å²) in [7, 11) is 3.20. The number of methoxy groups -OCH3 is 2. The molecule has 1 aliphatic carbocycles. The molecule has 0 unspecified atom stereocenters. The van der Waals surface area contributed by atoms with Crippen LogP contribution in [0.4, 0.5) is 0 Å². The lowest BCUT2D eigenvalue weighted by molar-refractivity contribution is 0.0954. The average Bonchev–Trinajstić information content (AvgIpc) is 3.34. The Morgan fingerprint density at radius 1 is 1.30 bits per heavy atom. The van der Waals surface area contributed by atoms with Gasteiger partial charge in [0.2, 0.25) is 0 Å². The molecule has 1 heterocycles. The lowest BCUT2D eigenvalue weighted by Crippen LogP contribution is -2.22.